The summed E-state index contributed by atoms with van der Waals surface area (Å²) in [5, 5.41) is 23.9. The lowest BCUT2D eigenvalue weighted by atomic mass is 9.95. The molecule has 2 aromatic heterocycles. The molecule has 1 saturated heterocycles. The predicted octanol–water partition coefficient (Wildman–Crippen LogP) is 4.56. The molecular weight excluding hydrogens is 412 g/mol. The summed E-state index contributed by atoms with van der Waals surface area (Å²) < 4.78 is 0. The largest absolute Gasteiger partial charge is 0.508 e. The van der Waals surface area contributed by atoms with E-state index < -0.39 is 17.7 Å². The fourth-order valence-corrected chi connectivity index (χ4v) is 4.77. The summed E-state index contributed by atoms with van der Waals surface area (Å²) in [6, 6.07) is 16.8. The van der Waals surface area contributed by atoms with Crippen molar-refractivity contribution in [3.63, 3.8) is 0 Å². The van der Waals surface area contributed by atoms with E-state index in [0.717, 1.165) is 15.8 Å². The first kappa shape index (κ1) is 19.1. The number of carbonyl (C=O) groups excluding carboxylic acids is 2. The zero-order chi connectivity index (χ0) is 21.5. The summed E-state index contributed by atoms with van der Waals surface area (Å²) in [7, 11) is 0. The molecule has 4 aromatic rings. The summed E-state index contributed by atoms with van der Waals surface area (Å²) >= 11 is 1.48. The Bertz CT molecular complexity index is 1340. The second kappa shape index (κ2) is 7.45. The third kappa shape index (κ3) is 3.19. The van der Waals surface area contributed by atoms with Crippen molar-refractivity contribution in [2.45, 2.75) is 12.6 Å². The lowest BCUT2D eigenvalue weighted by molar-refractivity contribution is -0.140. The molecule has 3 N–H and O–H groups in total. The maximum Gasteiger partial charge on any atom is 0.295 e. The van der Waals surface area contributed by atoms with Gasteiger partial charge in [-0.1, -0.05) is 36.4 Å². The number of H-pyrrole nitrogens is 1. The summed E-state index contributed by atoms with van der Waals surface area (Å²) in [6.45, 7) is 0.229. The molecule has 0 bridgehead atoms. The third-order valence-corrected chi connectivity index (χ3v) is 6.34. The molecule has 2 aromatic carbocycles. The number of aromatic nitrogens is 1. The molecule has 1 atom stereocenters. The van der Waals surface area contributed by atoms with Crippen molar-refractivity contribution in [1.82, 2.24) is 9.88 Å². The van der Waals surface area contributed by atoms with Crippen LogP contribution >= 0.6 is 11.3 Å². The van der Waals surface area contributed by atoms with Crippen molar-refractivity contribution in [3.8, 4) is 5.75 Å². The average molecular weight is 430 g/mol. The Balaban J connectivity index is 1.71. The van der Waals surface area contributed by atoms with Gasteiger partial charge >= 0.3 is 0 Å². The first-order valence-corrected chi connectivity index (χ1v) is 10.6. The van der Waals surface area contributed by atoms with E-state index in [1.165, 1.54) is 28.4 Å². The van der Waals surface area contributed by atoms with Gasteiger partial charge in [-0.2, -0.15) is 0 Å². The molecule has 1 fully saturated rings. The average Bonchev–Trinajstić information content (AvgIpc) is 3.49. The highest BCUT2D eigenvalue weighted by Crippen LogP contribution is 2.42. The molecule has 1 aliphatic heterocycles. The van der Waals surface area contributed by atoms with E-state index >= 15 is 0 Å². The number of aliphatic hydroxyl groups is 1. The van der Waals surface area contributed by atoms with E-state index in [1.807, 2.05) is 41.8 Å². The van der Waals surface area contributed by atoms with E-state index in [2.05, 4.69) is 4.98 Å². The van der Waals surface area contributed by atoms with Crippen LogP contribution in [-0.2, 0) is 16.1 Å². The van der Waals surface area contributed by atoms with E-state index in [4.69, 9.17) is 0 Å². The number of hydrogen-bond donors (Lipinski definition) is 3. The lowest BCUT2D eigenvalue weighted by Crippen LogP contribution is -2.28. The summed E-state index contributed by atoms with van der Waals surface area (Å²) in [5.41, 5.74) is 1.83. The minimum atomic E-state index is -0.817. The van der Waals surface area contributed by atoms with Crippen molar-refractivity contribution in [2.75, 3.05) is 0 Å². The van der Waals surface area contributed by atoms with Crippen molar-refractivity contribution < 1.29 is 19.8 Å². The molecule has 1 amide bonds. The van der Waals surface area contributed by atoms with Gasteiger partial charge in [0.15, 0.2) is 0 Å². The number of benzene rings is 2. The Morgan fingerprint density at radius 3 is 2.68 bits per heavy atom. The Hall–Kier alpha value is -3.84. The van der Waals surface area contributed by atoms with Crippen molar-refractivity contribution in [1.29, 1.82) is 0 Å². The Kier molecular flexibility index (Phi) is 4.60. The van der Waals surface area contributed by atoms with Gasteiger partial charge in [-0.15, -0.1) is 11.3 Å². The molecule has 3 heterocycles. The second-order valence-electron chi connectivity index (χ2n) is 7.35. The highest BCUT2D eigenvalue weighted by atomic mass is 32.1. The zero-order valence-corrected chi connectivity index (χ0v) is 17.1. The molecule has 154 valence electrons. The first-order chi connectivity index (χ1) is 15.0. The van der Waals surface area contributed by atoms with Crippen LogP contribution < -0.4 is 0 Å². The van der Waals surface area contributed by atoms with Gasteiger partial charge in [-0.3, -0.25) is 9.59 Å². The Morgan fingerprint density at radius 2 is 1.90 bits per heavy atom. The number of phenolic OH excluding ortho intramolecular Hbond substituents is 1. The molecule has 5 rings (SSSR count). The van der Waals surface area contributed by atoms with Gasteiger partial charge in [0.1, 0.15) is 11.5 Å². The SMILES string of the molecule is O=C1C(=O)N(Cc2cccs2)C(c2cccc(O)c2)/C1=C(/O)c1c[nH]c2ccccc12. The number of aromatic hydroxyl groups is 1. The minimum Gasteiger partial charge on any atom is -0.508 e. The number of thiophene rings is 1. The predicted molar refractivity (Wildman–Crippen MR) is 119 cm³/mol. The second-order valence-corrected chi connectivity index (χ2v) is 8.38. The minimum absolute atomic E-state index is 0.0110. The Labute approximate surface area is 181 Å². The van der Waals surface area contributed by atoms with Gasteiger partial charge in [0.05, 0.1) is 18.2 Å². The number of aliphatic hydroxyl groups excluding tert-OH is 1. The summed E-state index contributed by atoms with van der Waals surface area (Å²) in [5.74, 6) is -1.64. The van der Waals surface area contributed by atoms with Crippen molar-refractivity contribution in [3.05, 3.63) is 93.8 Å². The number of amides is 1. The zero-order valence-electron chi connectivity index (χ0n) is 16.3. The summed E-state index contributed by atoms with van der Waals surface area (Å²) in [4.78, 5) is 31.6. The van der Waals surface area contributed by atoms with Crippen LogP contribution in [0.2, 0.25) is 0 Å². The third-order valence-electron chi connectivity index (χ3n) is 5.48. The highest BCUT2D eigenvalue weighted by molar-refractivity contribution is 7.09. The van der Waals surface area contributed by atoms with Crippen LogP contribution in [0.15, 0.2) is 77.8 Å². The molecule has 0 aliphatic carbocycles. The number of carbonyl (C=O) groups is 2. The van der Waals surface area contributed by atoms with Gasteiger partial charge in [0.2, 0.25) is 0 Å². The Morgan fingerprint density at radius 1 is 1.06 bits per heavy atom. The van der Waals surface area contributed by atoms with Gasteiger partial charge in [-0.05, 0) is 35.2 Å². The van der Waals surface area contributed by atoms with Crippen LogP contribution in [-0.4, -0.2) is 31.8 Å². The van der Waals surface area contributed by atoms with Gasteiger partial charge in [0.25, 0.3) is 11.7 Å². The van der Waals surface area contributed by atoms with Crippen LogP contribution in [0.3, 0.4) is 0 Å². The number of nitrogens with one attached hydrogen (secondary N) is 1. The van der Waals surface area contributed by atoms with Gasteiger partial charge in [-0.25, -0.2) is 0 Å². The number of para-hydroxylation sites is 1. The lowest BCUT2D eigenvalue weighted by Gasteiger charge is -2.25. The van der Waals surface area contributed by atoms with E-state index in [0.29, 0.717) is 11.1 Å². The fourth-order valence-electron chi connectivity index (χ4n) is 4.07. The van der Waals surface area contributed by atoms with Crippen LogP contribution in [0.25, 0.3) is 16.7 Å². The first-order valence-electron chi connectivity index (χ1n) is 9.71. The standard InChI is InChI=1S/C24H18N2O4S/c27-15-6-3-5-14(11-15)21-20(22(28)18-12-25-19-9-2-1-8-17(18)19)23(29)24(30)26(21)13-16-7-4-10-31-16/h1-12,21,25,27-28H,13H2/b22-20-. The smallest absolute Gasteiger partial charge is 0.295 e. The number of phenols is 1. The number of aromatic amines is 1. The van der Waals surface area contributed by atoms with Crippen molar-refractivity contribution in [2.24, 2.45) is 0 Å². The van der Waals surface area contributed by atoms with Gasteiger partial charge in [0, 0.05) is 27.5 Å². The van der Waals surface area contributed by atoms with Crippen molar-refractivity contribution >= 4 is 39.7 Å². The number of fused-ring (bicyclic) bond motifs is 1. The molecule has 1 unspecified atom stereocenters. The normalized spacial score (nSPS) is 18.2. The topological polar surface area (TPSA) is 93.6 Å². The number of likely N-dealkylation sites (tertiary alicyclic amines) is 1. The molecule has 7 heteroatoms. The fraction of sp³-hybridized carbons (Fsp3) is 0.0833. The van der Waals surface area contributed by atoms with Crippen LogP contribution in [0, 0.1) is 0 Å². The molecule has 1 aliphatic rings. The quantitative estimate of drug-likeness (QED) is 0.251. The highest BCUT2D eigenvalue weighted by Gasteiger charge is 2.46. The number of rotatable bonds is 4. The molecule has 0 spiro atoms. The number of ketones is 1. The van der Waals surface area contributed by atoms with Crippen LogP contribution in [0.1, 0.15) is 22.0 Å². The number of Topliss-reactive ketones (excluding diaryl/α,β-unsaturated/α-hetero) is 1. The molecule has 0 saturated carbocycles. The van der Waals surface area contributed by atoms with Gasteiger partial charge < -0.3 is 20.1 Å². The molecular formula is C24H18N2O4S. The van der Waals surface area contributed by atoms with E-state index in [1.54, 1.807) is 18.3 Å². The molecule has 6 nitrogen and oxygen atoms in total. The number of nitrogens with zero attached hydrogens (tertiary/aromatic N) is 1. The molecule has 31 heavy (non-hydrogen) atoms. The monoisotopic (exact) mass is 430 g/mol. The van der Waals surface area contributed by atoms with Crippen LogP contribution in [0.4, 0.5) is 0 Å². The van der Waals surface area contributed by atoms with Crippen LogP contribution in [0.5, 0.6) is 5.75 Å². The maximum absolute atomic E-state index is 13.1. The summed E-state index contributed by atoms with van der Waals surface area (Å²) in [6.07, 6.45) is 1.63. The molecule has 0 radical (unpaired) electrons. The van der Waals surface area contributed by atoms with E-state index in [9.17, 15) is 19.8 Å². The number of hydrogen-bond acceptors (Lipinski definition) is 5. The maximum atomic E-state index is 13.1. The van der Waals surface area contributed by atoms with E-state index in [-0.39, 0.29) is 23.6 Å².